The number of rotatable bonds is 3. The van der Waals surface area contributed by atoms with Crippen LogP contribution in [0.15, 0.2) is 55.1 Å². The number of pyridine rings is 2. The molecule has 21 heavy (non-hydrogen) atoms. The first-order valence-electron chi connectivity index (χ1n) is 7.30. The average Bonchev–Trinajstić information content (AvgIpc) is 3.25. The summed E-state index contributed by atoms with van der Waals surface area (Å²) >= 11 is 0. The van der Waals surface area contributed by atoms with Crippen LogP contribution in [0.25, 0.3) is 21.9 Å². The standard InChI is InChI=1S/C18H17N3/c1-18(5-6-18)21-17-11-14(13-2-7-19-8-3-13)10-15-12-20-9-4-16(15)17/h2-4,7-12,21H,5-6H2,1H3. The lowest BCUT2D eigenvalue weighted by Gasteiger charge is -2.17. The van der Waals surface area contributed by atoms with Crippen molar-refractivity contribution in [1.29, 1.82) is 0 Å². The lowest BCUT2D eigenvalue weighted by atomic mass is 10.0. The highest BCUT2D eigenvalue weighted by Crippen LogP contribution is 2.41. The van der Waals surface area contributed by atoms with E-state index in [-0.39, 0.29) is 5.54 Å². The quantitative estimate of drug-likeness (QED) is 0.776. The maximum Gasteiger partial charge on any atom is 0.0431 e. The van der Waals surface area contributed by atoms with Crippen LogP contribution in [-0.2, 0) is 0 Å². The largest absolute Gasteiger partial charge is 0.379 e. The van der Waals surface area contributed by atoms with Crippen molar-refractivity contribution in [2.24, 2.45) is 0 Å². The number of anilines is 1. The molecular weight excluding hydrogens is 258 g/mol. The van der Waals surface area contributed by atoms with E-state index in [1.54, 1.807) is 0 Å². The average molecular weight is 275 g/mol. The monoisotopic (exact) mass is 275 g/mol. The van der Waals surface area contributed by atoms with E-state index in [9.17, 15) is 0 Å². The van der Waals surface area contributed by atoms with Crippen LogP contribution >= 0.6 is 0 Å². The van der Waals surface area contributed by atoms with Crippen molar-refractivity contribution in [3.63, 3.8) is 0 Å². The number of nitrogens with zero attached hydrogens (tertiary/aromatic N) is 2. The Morgan fingerprint density at radius 3 is 2.48 bits per heavy atom. The van der Waals surface area contributed by atoms with Gasteiger partial charge in [-0.15, -0.1) is 0 Å². The molecule has 2 heterocycles. The summed E-state index contributed by atoms with van der Waals surface area (Å²) in [4.78, 5) is 8.36. The van der Waals surface area contributed by atoms with Crippen LogP contribution in [0.2, 0.25) is 0 Å². The lowest BCUT2D eigenvalue weighted by molar-refractivity contribution is 0.831. The van der Waals surface area contributed by atoms with Gasteiger partial charge in [0.15, 0.2) is 0 Å². The van der Waals surface area contributed by atoms with Crippen LogP contribution in [-0.4, -0.2) is 15.5 Å². The Labute approximate surface area is 124 Å². The molecule has 2 aromatic heterocycles. The number of hydrogen-bond acceptors (Lipinski definition) is 3. The molecule has 0 radical (unpaired) electrons. The van der Waals surface area contributed by atoms with Crippen LogP contribution in [0.3, 0.4) is 0 Å². The molecule has 0 unspecified atom stereocenters. The van der Waals surface area contributed by atoms with Crippen molar-refractivity contribution in [1.82, 2.24) is 9.97 Å². The second-order valence-corrected chi connectivity index (χ2v) is 6.04. The van der Waals surface area contributed by atoms with Gasteiger partial charge in [-0.3, -0.25) is 9.97 Å². The Balaban J connectivity index is 1.89. The van der Waals surface area contributed by atoms with Gasteiger partial charge in [-0.2, -0.15) is 0 Å². The fourth-order valence-electron chi connectivity index (χ4n) is 2.66. The van der Waals surface area contributed by atoms with Gasteiger partial charge in [0.1, 0.15) is 0 Å². The number of nitrogens with one attached hydrogen (secondary N) is 1. The second-order valence-electron chi connectivity index (χ2n) is 6.04. The van der Waals surface area contributed by atoms with Gasteiger partial charge >= 0.3 is 0 Å². The highest BCUT2D eigenvalue weighted by Gasteiger charge is 2.37. The van der Waals surface area contributed by atoms with E-state index >= 15 is 0 Å². The van der Waals surface area contributed by atoms with E-state index in [1.807, 2.05) is 36.9 Å². The zero-order valence-electron chi connectivity index (χ0n) is 12.0. The molecule has 3 heteroatoms. The van der Waals surface area contributed by atoms with Crippen molar-refractivity contribution in [2.75, 3.05) is 5.32 Å². The maximum atomic E-state index is 4.26. The zero-order valence-corrected chi connectivity index (χ0v) is 12.0. The van der Waals surface area contributed by atoms with Crippen LogP contribution < -0.4 is 5.32 Å². The van der Waals surface area contributed by atoms with Crippen molar-refractivity contribution in [2.45, 2.75) is 25.3 Å². The summed E-state index contributed by atoms with van der Waals surface area (Å²) < 4.78 is 0. The molecule has 4 rings (SSSR count). The minimum absolute atomic E-state index is 0.257. The fourth-order valence-corrected chi connectivity index (χ4v) is 2.66. The molecule has 0 aliphatic heterocycles. The van der Waals surface area contributed by atoms with Crippen LogP contribution in [0, 0.1) is 0 Å². The molecule has 1 N–H and O–H groups in total. The van der Waals surface area contributed by atoms with Gasteiger partial charge < -0.3 is 5.32 Å². The second kappa shape index (κ2) is 4.55. The van der Waals surface area contributed by atoms with E-state index in [2.05, 4.69) is 40.4 Å². The first-order valence-corrected chi connectivity index (χ1v) is 7.30. The van der Waals surface area contributed by atoms with Gasteiger partial charge in [0.05, 0.1) is 0 Å². The summed E-state index contributed by atoms with van der Waals surface area (Å²) in [5.74, 6) is 0. The molecule has 3 nitrogen and oxygen atoms in total. The summed E-state index contributed by atoms with van der Waals surface area (Å²) in [6.45, 7) is 2.28. The molecule has 104 valence electrons. The predicted molar refractivity (Wildman–Crippen MR) is 86.2 cm³/mol. The summed E-state index contributed by atoms with van der Waals surface area (Å²) in [5, 5.41) is 6.10. The first-order chi connectivity index (χ1) is 10.2. The third kappa shape index (κ3) is 2.35. The molecule has 1 aliphatic carbocycles. The van der Waals surface area contributed by atoms with E-state index in [0.29, 0.717) is 0 Å². The summed E-state index contributed by atoms with van der Waals surface area (Å²) in [6.07, 6.45) is 9.92. The van der Waals surface area contributed by atoms with Gasteiger partial charge in [0.25, 0.3) is 0 Å². The van der Waals surface area contributed by atoms with Crippen LogP contribution in [0.4, 0.5) is 5.69 Å². The summed E-state index contributed by atoms with van der Waals surface area (Å²) in [6, 6.07) is 10.6. The molecule has 0 atom stereocenters. The van der Waals surface area contributed by atoms with Gasteiger partial charge in [0.2, 0.25) is 0 Å². The molecule has 1 aromatic carbocycles. The minimum Gasteiger partial charge on any atom is -0.379 e. The third-order valence-electron chi connectivity index (χ3n) is 4.20. The SMILES string of the molecule is CC1(Nc2cc(-c3ccncc3)cc3cnccc23)CC1. The molecule has 0 spiro atoms. The fraction of sp³-hybridized carbons (Fsp3) is 0.222. The molecule has 1 aliphatic rings. The van der Waals surface area contributed by atoms with Gasteiger partial charge in [-0.1, -0.05) is 0 Å². The van der Waals surface area contributed by atoms with Crippen LogP contribution in [0.5, 0.6) is 0 Å². The van der Waals surface area contributed by atoms with E-state index in [1.165, 1.54) is 40.4 Å². The van der Waals surface area contributed by atoms with Crippen molar-refractivity contribution in [3.8, 4) is 11.1 Å². The Morgan fingerprint density at radius 2 is 1.71 bits per heavy atom. The number of fused-ring (bicyclic) bond motifs is 1. The molecule has 3 aromatic rings. The first kappa shape index (κ1) is 12.3. The molecule has 0 amide bonds. The van der Waals surface area contributed by atoms with Crippen molar-refractivity contribution >= 4 is 16.5 Å². The third-order valence-corrected chi connectivity index (χ3v) is 4.20. The number of aromatic nitrogens is 2. The Hall–Kier alpha value is -2.42. The van der Waals surface area contributed by atoms with Gasteiger partial charge in [0, 0.05) is 46.8 Å². The minimum atomic E-state index is 0.257. The summed E-state index contributed by atoms with van der Waals surface area (Å²) in [7, 11) is 0. The number of hydrogen-bond donors (Lipinski definition) is 1. The maximum absolute atomic E-state index is 4.26. The Kier molecular flexibility index (Phi) is 2.67. The van der Waals surface area contributed by atoms with E-state index < -0.39 is 0 Å². The van der Waals surface area contributed by atoms with E-state index in [0.717, 1.165) is 0 Å². The van der Waals surface area contributed by atoms with Crippen molar-refractivity contribution < 1.29 is 0 Å². The zero-order chi connectivity index (χ0) is 14.3. The highest BCUT2D eigenvalue weighted by atomic mass is 15.0. The molecule has 1 saturated carbocycles. The van der Waals surface area contributed by atoms with Gasteiger partial charge in [-0.25, -0.2) is 0 Å². The molecule has 0 saturated heterocycles. The van der Waals surface area contributed by atoms with E-state index in [4.69, 9.17) is 0 Å². The highest BCUT2D eigenvalue weighted by molar-refractivity contribution is 5.97. The lowest BCUT2D eigenvalue weighted by Crippen LogP contribution is -2.16. The van der Waals surface area contributed by atoms with Gasteiger partial charge in [-0.05, 0) is 61.2 Å². The Morgan fingerprint density at radius 1 is 0.952 bits per heavy atom. The normalized spacial score (nSPS) is 15.9. The topological polar surface area (TPSA) is 37.8 Å². The predicted octanol–water partition coefficient (Wildman–Crippen LogP) is 4.26. The smallest absolute Gasteiger partial charge is 0.0431 e. The van der Waals surface area contributed by atoms with Crippen LogP contribution in [0.1, 0.15) is 19.8 Å². The summed E-state index contributed by atoms with van der Waals surface area (Å²) in [5.41, 5.74) is 3.83. The molecule has 0 bridgehead atoms. The van der Waals surface area contributed by atoms with Crippen molar-refractivity contribution in [3.05, 3.63) is 55.1 Å². The molecule has 1 fully saturated rings. The Bertz CT molecular complexity index is 792. The molecular formula is C18H17N3. The number of benzene rings is 1.